The first kappa shape index (κ1) is 12.9. The molecule has 80 valence electrons. The van der Waals surface area contributed by atoms with Crippen LogP contribution in [0.3, 0.4) is 0 Å². The summed E-state index contributed by atoms with van der Waals surface area (Å²) in [6.07, 6.45) is 3.49. The van der Waals surface area contributed by atoms with Crippen molar-refractivity contribution in [2.75, 3.05) is 26.2 Å². The zero-order valence-electron chi connectivity index (χ0n) is 9.10. The van der Waals surface area contributed by atoms with Gasteiger partial charge in [-0.1, -0.05) is 13.8 Å². The van der Waals surface area contributed by atoms with Crippen LogP contribution in [0, 0.1) is 5.41 Å². The second kappa shape index (κ2) is 7.30. The molecule has 0 aliphatic carbocycles. The Bertz CT molecular complexity index is 111. The summed E-state index contributed by atoms with van der Waals surface area (Å²) < 4.78 is 0. The smallest absolute Gasteiger partial charge is 0.00747 e. The van der Waals surface area contributed by atoms with Crippen LogP contribution in [0.2, 0.25) is 0 Å². The molecule has 0 atom stereocenters. The van der Waals surface area contributed by atoms with E-state index in [4.69, 9.17) is 11.5 Å². The first-order valence-electron chi connectivity index (χ1n) is 5.35. The molecule has 3 heteroatoms. The van der Waals surface area contributed by atoms with Crippen molar-refractivity contribution in [2.45, 2.75) is 33.1 Å². The molecule has 0 unspecified atom stereocenters. The number of hydrogen-bond acceptors (Lipinski definition) is 3. The van der Waals surface area contributed by atoms with Crippen molar-refractivity contribution in [3.05, 3.63) is 0 Å². The fourth-order valence-corrected chi connectivity index (χ4v) is 1.70. The van der Waals surface area contributed by atoms with E-state index in [1.807, 2.05) is 0 Å². The molecule has 0 bridgehead atoms. The third kappa shape index (κ3) is 4.60. The lowest BCUT2D eigenvalue weighted by Gasteiger charge is -2.31. The molecule has 0 aromatic heterocycles. The minimum atomic E-state index is 0.393. The molecule has 0 radical (unpaired) electrons. The maximum absolute atomic E-state index is 5.62. The highest BCUT2D eigenvalue weighted by Crippen LogP contribution is 2.28. The second-order valence-electron chi connectivity index (χ2n) is 3.71. The van der Waals surface area contributed by atoms with E-state index in [1.165, 1.54) is 12.8 Å². The zero-order chi connectivity index (χ0) is 10.2. The Balaban J connectivity index is 3.89. The molecule has 0 aliphatic heterocycles. The first-order valence-corrected chi connectivity index (χ1v) is 5.35. The fraction of sp³-hybridized carbons (Fsp3) is 1.00. The van der Waals surface area contributed by atoms with E-state index < -0.39 is 0 Å². The number of rotatable bonds is 8. The first-order chi connectivity index (χ1) is 6.24. The molecule has 0 spiro atoms. The average molecular weight is 187 g/mol. The Hall–Kier alpha value is -0.120. The SMILES string of the molecule is CCC(CC)(CCN)CNCCN. The van der Waals surface area contributed by atoms with Crippen molar-refractivity contribution in [1.29, 1.82) is 0 Å². The topological polar surface area (TPSA) is 64.1 Å². The Kier molecular flexibility index (Phi) is 7.23. The van der Waals surface area contributed by atoms with Crippen LogP contribution in [-0.4, -0.2) is 26.2 Å². The third-order valence-electron chi connectivity index (χ3n) is 3.00. The van der Waals surface area contributed by atoms with Crippen LogP contribution in [0.5, 0.6) is 0 Å². The predicted octanol–water partition coefficient (Wildman–Crippen LogP) is 0.690. The van der Waals surface area contributed by atoms with Gasteiger partial charge in [-0.25, -0.2) is 0 Å². The molecule has 0 aliphatic rings. The summed E-state index contributed by atoms with van der Waals surface area (Å²) >= 11 is 0. The minimum Gasteiger partial charge on any atom is -0.330 e. The van der Waals surface area contributed by atoms with Gasteiger partial charge >= 0.3 is 0 Å². The van der Waals surface area contributed by atoms with Crippen molar-refractivity contribution < 1.29 is 0 Å². The van der Waals surface area contributed by atoms with Gasteiger partial charge in [-0.05, 0) is 31.2 Å². The molecular weight excluding hydrogens is 162 g/mol. The Morgan fingerprint density at radius 1 is 1.08 bits per heavy atom. The number of nitrogens with two attached hydrogens (primary N) is 2. The fourth-order valence-electron chi connectivity index (χ4n) is 1.70. The molecule has 3 nitrogen and oxygen atoms in total. The van der Waals surface area contributed by atoms with E-state index >= 15 is 0 Å². The maximum atomic E-state index is 5.62. The van der Waals surface area contributed by atoms with E-state index in [9.17, 15) is 0 Å². The summed E-state index contributed by atoms with van der Waals surface area (Å²) in [5, 5.41) is 3.38. The lowest BCUT2D eigenvalue weighted by molar-refractivity contribution is 0.233. The highest BCUT2D eigenvalue weighted by molar-refractivity contribution is 4.79. The standard InChI is InChI=1S/C10H25N3/c1-3-10(4-2,5-6-11)9-13-8-7-12/h13H,3-9,11-12H2,1-2H3. The molecule has 0 saturated heterocycles. The molecule has 0 heterocycles. The molecule has 0 saturated carbocycles. The van der Waals surface area contributed by atoms with Crippen LogP contribution in [0.25, 0.3) is 0 Å². The van der Waals surface area contributed by atoms with Gasteiger partial charge in [0.25, 0.3) is 0 Å². The summed E-state index contributed by atoms with van der Waals surface area (Å²) in [5.41, 5.74) is 11.4. The lowest BCUT2D eigenvalue weighted by Crippen LogP contribution is -2.37. The van der Waals surface area contributed by atoms with E-state index in [-0.39, 0.29) is 0 Å². The van der Waals surface area contributed by atoms with Gasteiger partial charge in [0.15, 0.2) is 0 Å². The number of hydrogen-bond donors (Lipinski definition) is 3. The van der Waals surface area contributed by atoms with Crippen molar-refractivity contribution in [3.8, 4) is 0 Å². The summed E-state index contributed by atoms with van der Waals surface area (Å²) in [4.78, 5) is 0. The van der Waals surface area contributed by atoms with Gasteiger partial charge in [0, 0.05) is 19.6 Å². The molecule has 13 heavy (non-hydrogen) atoms. The van der Waals surface area contributed by atoms with E-state index in [1.54, 1.807) is 0 Å². The summed E-state index contributed by atoms with van der Waals surface area (Å²) in [6.45, 7) is 7.94. The molecular formula is C10H25N3. The van der Waals surface area contributed by atoms with Crippen LogP contribution in [-0.2, 0) is 0 Å². The minimum absolute atomic E-state index is 0.393. The highest BCUT2D eigenvalue weighted by Gasteiger charge is 2.24. The van der Waals surface area contributed by atoms with Crippen molar-refractivity contribution >= 4 is 0 Å². The van der Waals surface area contributed by atoms with Crippen molar-refractivity contribution in [1.82, 2.24) is 5.32 Å². The quantitative estimate of drug-likeness (QED) is 0.490. The Morgan fingerprint density at radius 3 is 2.08 bits per heavy atom. The molecule has 0 aromatic carbocycles. The highest BCUT2D eigenvalue weighted by atomic mass is 14.9. The van der Waals surface area contributed by atoms with Gasteiger partial charge in [0.1, 0.15) is 0 Å². The Morgan fingerprint density at radius 2 is 1.69 bits per heavy atom. The molecule has 5 N–H and O–H groups in total. The summed E-state index contributed by atoms with van der Waals surface area (Å²) in [5.74, 6) is 0. The van der Waals surface area contributed by atoms with Crippen LogP contribution in [0.15, 0.2) is 0 Å². The summed E-state index contributed by atoms with van der Waals surface area (Å²) in [7, 11) is 0. The zero-order valence-corrected chi connectivity index (χ0v) is 9.10. The van der Waals surface area contributed by atoms with Crippen molar-refractivity contribution in [3.63, 3.8) is 0 Å². The van der Waals surface area contributed by atoms with Gasteiger partial charge in [0.05, 0.1) is 0 Å². The van der Waals surface area contributed by atoms with Gasteiger partial charge < -0.3 is 16.8 Å². The van der Waals surface area contributed by atoms with E-state index in [2.05, 4.69) is 19.2 Å². The molecule has 0 fully saturated rings. The normalized spacial score (nSPS) is 12.0. The largest absolute Gasteiger partial charge is 0.330 e. The van der Waals surface area contributed by atoms with Gasteiger partial charge in [0.2, 0.25) is 0 Å². The van der Waals surface area contributed by atoms with Crippen LogP contribution >= 0.6 is 0 Å². The monoisotopic (exact) mass is 187 g/mol. The van der Waals surface area contributed by atoms with Crippen molar-refractivity contribution in [2.24, 2.45) is 16.9 Å². The third-order valence-corrected chi connectivity index (χ3v) is 3.00. The second-order valence-corrected chi connectivity index (χ2v) is 3.71. The van der Waals surface area contributed by atoms with Crippen LogP contribution in [0.1, 0.15) is 33.1 Å². The van der Waals surface area contributed by atoms with Gasteiger partial charge in [-0.15, -0.1) is 0 Å². The van der Waals surface area contributed by atoms with E-state index in [0.29, 0.717) is 12.0 Å². The average Bonchev–Trinajstić information content (AvgIpc) is 2.17. The molecule has 0 aromatic rings. The number of nitrogens with one attached hydrogen (secondary N) is 1. The predicted molar refractivity (Wildman–Crippen MR) is 58.6 cm³/mol. The molecule has 0 amide bonds. The van der Waals surface area contributed by atoms with Crippen LogP contribution < -0.4 is 16.8 Å². The lowest BCUT2D eigenvalue weighted by atomic mass is 9.79. The summed E-state index contributed by atoms with van der Waals surface area (Å²) in [6, 6.07) is 0. The molecule has 0 rings (SSSR count). The van der Waals surface area contributed by atoms with E-state index in [0.717, 1.165) is 26.1 Å². The van der Waals surface area contributed by atoms with Crippen LogP contribution in [0.4, 0.5) is 0 Å². The maximum Gasteiger partial charge on any atom is 0.00747 e. The Labute approximate surface area is 82.3 Å². The van der Waals surface area contributed by atoms with Gasteiger partial charge in [-0.2, -0.15) is 0 Å². The van der Waals surface area contributed by atoms with Gasteiger partial charge in [-0.3, -0.25) is 0 Å².